The van der Waals surface area contributed by atoms with Crippen LogP contribution in [-0.2, 0) is 11.2 Å². The summed E-state index contributed by atoms with van der Waals surface area (Å²) in [4.78, 5) is 31.7. The van der Waals surface area contributed by atoms with Gasteiger partial charge in [0, 0.05) is 37.1 Å². The van der Waals surface area contributed by atoms with Crippen molar-refractivity contribution in [1.82, 2.24) is 15.2 Å². The van der Waals surface area contributed by atoms with E-state index in [0.29, 0.717) is 18.5 Å². The van der Waals surface area contributed by atoms with Gasteiger partial charge in [0.2, 0.25) is 5.91 Å². The van der Waals surface area contributed by atoms with Crippen LogP contribution in [0.4, 0.5) is 0 Å². The van der Waals surface area contributed by atoms with Crippen LogP contribution in [0.15, 0.2) is 60.7 Å². The Kier molecular flexibility index (Phi) is 5.06. The predicted octanol–water partition coefficient (Wildman–Crippen LogP) is 3.15. The van der Waals surface area contributed by atoms with E-state index in [2.05, 4.69) is 5.32 Å². The van der Waals surface area contributed by atoms with Crippen LogP contribution in [0.25, 0.3) is 10.9 Å². The van der Waals surface area contributed by atoms with Crippen molar-refractivity contribution in [2.24, 2.45) is 0 Å². The normalized spacial score (nSPS) is 16.3. The van der Waals surface area contributed by atoms with E-state index in [4.69, 9.17) is 4.98 Å². The Morgan fingerprint density at radius 3 is 2.64 bits per heavy atom. The number of pyridine rings is 1. The van der Waals surface area contributed by atoms with Gasteiger partial charge >= 0.3 is 0 Å². The molecule has 2 amide bonds. The number of rotatable bonds is 4. The fourth-order valence-corrected chi connectivity index (χ4v) is 3.84. The largest absolute Gasteiger partial charge is 0.355 e. The number of fused-ring (bicyclic) bond motifs is 1. The highest BCUT2D eigenvalue weighted by Gasteiger charge is 2.29. The quantitative estimate of drug-likeness (QED) is 0.764. The van der Waals surface area contributed by atoms with Crippen molar-refractivity contribution in [3.63, 3.8) is 0 Å². The molecule has 1 fully saturated rings. The molecule has 1 saturated heterocycles. The number of likely N-dealkylation sites (tertiary alicyclic amines) is 1. The van der Waals surface area contributed by atoms with Gasteiger partial charge in [-0.2, -0.15) is 0 Å². The average molecular weight is 373 g/mol. The summed E-state index contributed by atoms with van der Waals surface area (Å²) in [5.74, 6) is 0.170. The average Bonchev–Trinajstić information content (AvgIpc) is 3.23. The lowest BCUT2D eigenvalue weighted by molar-refractivity contribution is -0.129. The molecule has 3 aromatic rings. The Labute approximate surface area is 164 Å². The fraction of sp³-hybridized carbons (Fsp3) is 0.261. The summed E-state index contributed by atoms with van der Waals surface area (Å²) in [6, 6.07) is 19.4. The molecule has 5 heteroatoms. The molecule has 2 heterocycles. The van der Waals surface area contributed by atoms with Gasteiger partial charge < -0.3 is 10.2 Å². The Morgan fingerprint density at radius 2 is 1.86 bits per heavy atom. The van der Waals surface area contributed by atoms with Gasteiger partial charge in [0.05, 0.1) is 17.5 Å². The fourth-order valence-electron chi connectivity index (χ4n) is 3.84. The monoisotopic (exact) mass is 373 g/mol. The molecule has 4 rings (SSSR count). The van der Waals surface area contributed by atoms with Gasteiger partial charge in [0.15, 0.2) is 0 Å². The highest BCUT2D eigenvalue weighted by Crippen LogP contribution is 2.29. The number of carbonyl (C=O) groups is 2. The van der Waals surface area contributed by atoms with Gasteiger partial charge in [-0.25, -0.2) is 0 Å². The Balaban J connectivity index is 1.56. The molecule has 1 aliphatic rings. The molecule has 2 aromatic carbocycles. The van der Waals surface area contributed by atoms with E-state index in [0.717, 1.165) is 35.1 Å². The zero-order valence-electron chi connectivity index (χ0n) is 15.9. The summed E-state index contributed by atoms with van der Waals surface area (Å²) in [6.45, 7) is 1.37. The summed E-state index contributed by atoms with van der Waals surface area (Å²) in [5, 5.41) is 3.56. The number of carbonyl (C=O) groups excluding carboxylic acids is 2. The van der Waals surface area contributed by atoms with Crippen LogP contribution in [0.5, 0.6) is 0 Å². The van der Waals surface area contributed by atoms with Gasteiger partial charge in [0.1, 0.15) is 0 Å². The Bertz CT molecular complexity index is 1020. The molecule has 0 spiro atoms. The van der Waals surface area contributed by atoms with Gasteiger partial charge in [-0.1, -0.05) is 48.5 Å². The maximum atomic E-state index is 12.7. The molecular weight excluding hydrogens is 350 g/mol. The molecule has 0 radical (unpaired) electrons. The molecule has 1 N–H and O–H groups in total. The third-order valence-corrected chi connectivity index (χ3v) is 5.37. The first-order chi connectivity index (χ1) is 13.7. The van der Waals surface area contributed by atoms with Crippen molar-refractivity contribution in [3.8, 4) is 0 Å². The first kappa shape index (κ1) is 18.2. The maximum absolute atomic E-state index is 12.7. The van der Waals surface area contributed by atoms with E-state index in [1.165, 1.54) is 0 Å². The van der Waals surface area contributed by atoms with Crippen LogP contribution in [0.2, 0.25) is 0 Å². The third-order valence-electron chi connectivity index (χ3n) is 5.37. The van der Waals surface area contributed by atoms with E-state index in [-0.39, 0.29) is 17.7 Å². The minimum Gasteiger partial charge on any atom is -0.355 e. The van der Waals surface area contributed by atoms with E-state index < -0.39 is 0 Å². The molecule has 1 atom stereocenters. The smallest absolute Gasteiger partial charge is 0.251 e. The van der Waals surface area contributed by atoms with Gasteiger partial charge in [0.25, 0.3) is 5.91 Å². The van der Waals surface area contributed by atoms with E-state index in [1.807, 2.05) is 65.6 Å². The molecule has 28 heavy (non-hydrogen) atoms. The topological polar surface area (TPSA) is 62.3 Å². The Hall–Kier alpha value is -3.21. The van der Waals surface area contributed by atoms with Crippen LogP contribution in [0.1, 0.15) is 34.0 Å². The van der Waals surface area contributed by atoms with Crippen LogP contribution in [0.3, 0.4) is 0 Å². The number of nitrogens with zero attached hydrogens (tertiary/aromatic N) is 2. The van der Waals surface area contributed by atoms with Crippen molar-refractivity contribution < 1.29 is 9.59 Å². The number of amides is 2. The molecular formula is C23H23N3O2. The number of benzene rings is 2. The second kappa shape index (κ2) is 7.80. The van der Waals surface area contributed by atoms with Crippen molar-refractivity contribution in [3.05, 3.63) is 77.5 Å². The van der Waals surface area contributed by atoms with Crippen LogP contribution in [-0.4, -0.2) is 41.8 Å². The zero-order chi connectivity index (χ0) is 19.5. The second-order valence-corrected chi connectivity index (χ2v) is 7.18. The second-order valence-electron chi connectivity index (χ2n) is 7.18. The molecule has 0 saturated carbocycles. The summed E-state index contributed by atoms with van der Waals surface area (Å²) in [5.41, 5.74) is 3.36. The van der Waals surface area contributed by atoms with Crippen LogP contribution < -0.4 is 5.32 Å². The van der Waals surface area contributed by atoms with Gasteiger partial charge in [-0.05, 0) is 24.1 Å². The summed E-state index contributed by atoms with van der Waals surface area (Å²) in [7, 11) is 1.64. The van der Waals surface area contributed by atoms with Crippen molar-refractivity contribution in [1.29, 1.82) is 0 Å². The first-order valence-corrected chi connectivity index (χ1v) is 9.59. The van der Waals surface area contributed by atoms with E-state index in [1.54, 1.807) is 7.05 Å². The number of hydrogen-bond acceptors (Lipinski definition) is 3. The lowest BCUT2D eigenvalue weighted by atomic mass is 9.99. The van der Waals surface area contributed by atoms with Gasteiger partial charge in [-0.15, -0.1) is 0 Å². The lowest BCUT2D eigenvalue weighted by Crippen LogP contribution is -2.30. The van der Waals surface area contributed by atoms with Gasteiger partial charge in [-0.3, -0.25) is 14.6 Å². The van der Waals surface area contributed by atoms with E-state index in [9.17, 15) is 9.59 Å². The number of aromatic nitrogens is 1. The first-order valence-electron chi connectivity index (χ1n) is 9.59. The third kappa shape index (κ3) is 3.60. The minimum absolute atomic E-state index is 0.116. The molecule has 0 unspecified atom stereocenters. The van der Waals surface area contributed by atoms with E-state index >= 15 is 0 Å². The zero-order valence-corrected chi connectivity index (χ0v) is 15.9. The Morgan fingerprint density at radius 1 is 1.11 bits per heavy atom. The molecule has 1 aromatic heterocycles. The molecule has 0 bridgehead atoms. The lowest BCUT2D eigenvalue weighted by Gasteiger charge is -2.17. The maximum Gasteiger partial charge on any atom is 0.251 e. The van der Waals surface area contributed by atoms with Crippen molar-refractivity contribution in [2.45, 2.75) is 18.8 Å². The van der Waals surface area contributed by atoms with Crippen molar-refractivity contribution >= 4 is 22.7 Å². The molecule has 1 aliphatic heterocycles. The van der Waals surface area contributed by atoms with Crippen molar-refractivity contribution in [2.75, 3.05) is 20.1 Å². The predicted molar refractivity (Wildman–Crippen MR) is 109 cm³/mol. The SMILES string of the molecule is CNC(=O)c1cc([C@H]2CCN(C(=O)Cc3ccccc3)C2)nc2ccccc12. The standard InChI is InChI=1S/C23H23N3O2/c1-24-23(28)19-14-21(25-20-10-6-5-9-18(19)20)17-11-12-26(15-17)22(27)13-16-7-3-2-4-8-16/h2-10,14,17H,11-13,15H2,1H3,(H,24,28)/t17-/m0/s1. The molecule has 142 valence electrons. The number of para-hydroxylation sites is 1. The van der Waals surface area contributed by atoms with Crippen LogP contribution >= 0.6 is 0 Å². The molecule has 0 aliphatic carbocycles. The number of hydrogen-bond donors (Lipinski definition) is 1. The summed E-state index contributed by atoms with van der Waals surface area (Å²) in [6.07, 6.45) is 1.28. The highest BCUT2D eigenvalue weighted by atomic mass is 16.2. The highest BCUT2D eigenvalue weighted by molar-refractivity contribution is 6.06. The minimum atomic E-state index is -0.116. The summed E-state index contributed by atoms with van der Waals surface area (Å²) < 4.78 is 0. The summed E-state index contributed by atoms with van der Waals surface area (Å²) >= 11 is 0. The molecule has 5 nitrogen and oxygen atoms in total. The number of nitrogens with one attached hydrogen (secondary N) is 1. The van der Waals surface area contributed by atoms with Crippen LogP contribution in [0, 0.1) is 0 Å².